The topological polar surface area (TPSA) is 52.8 Å². The predicted molar refractivity (Wildman–Crippen MR) is 66.5 cm³/mol. The van der Waals surface area contributed by atoms with Gasteiger partial charge in [0.05, 0.1) is 6.61 Å². The van der Waals surface area contributed by atoms with Crippen LogP contribution >= 0.6 is 11.8 Å². The Kier molecular flexibility index (Phi) is 4.99. The Morgan fingerprint density at radius 1 is 1.29 bits per heavy atom. The van der Waals surface area contributed by atoms with Crippen molar-refractivity contribution in [3.8, 4) is 5.75 Å². The summed E-state index contributed by atoms with van der Waals surface area (Å²) in [4.78, 5) is 0. The number of rotatable bonds is 6. The summed E-state index contributed by atoms with van der Waals surface area (Å²) in [6.07, 6.45) is -4.39. The first-order valence-corrected chi connectivity index (χ1v) is 6.77. The van der Waals surface area contributed by atoms with Crippen molar-refractivity contribution in [2.24, 2.45) is 0 Å². The standard InChI is InChI=1S/C11H10F4N4OS/c12-8-2-1-3-9(6-8)20-4-5-21-10-16-17-18-19(10)7-11(13,14)15/h1-3,6H,4-5,7H2. The third-order valence-electron chi connectivity index (χ3n) is 2.21. The van der Waals surface area contributed by atoms with Crippen molar-refractivity contribution in [2.75, 3.05) is 12.4 Å². The van der Waals surface area contributed by atoms with Gasteiger partial charge < -0.3 is 4.74 Å². The van der Waals surface area contributed by atoms with Gasteiger partial charge in [0, 0.05) is 11.8 Å². The van der Waals surface area contributed by atoms with Gasteiger partial charge in [0.25, 0.3) is 0 Å². The Bertz CT molecular complexity index is 590. The number of tetrazole rings is 1. The highest BCUT2D eigenvalue weighted by atomic mass is 32.2. The molecule has 0 atom stereocenters. The second-order valence-electron chi connectivity index (χ2n) is 3.89. The van der Waals surface area contributed by atoms with Crippen LogP contribution in [0.15, 0.2) is 29.4 Å². The minimum atomic E-state index is -4.39. The molecule has 0 radical (unpaired) electrons. The van der Waals surface area contributed by atoms with Gasteiger partial charge >= 0.3 is 6.18 Å². The molecular weight excluding hydrogens is 312 g/mol. The number of hydrogen-bond acceptors (Lipinski definition) is 5. The minimum Gasteiger partial charge on any atom is -0.493 e. The molecule has 2 aromatic rings. The molecule has 0 bridgehead atoms. The van der Waals surface area contributed by atoms with Gasteiger partial charge in [-0.3, -0.25) is 0 Å². The summed E-state index contributed by atoms with van der Waals surface area (Å²) in [5.41, 5.74) is 0. The summed E-state index contributed by atoms with van der Waals surface area (Å²) in [6, 6.07) is 5.59. The molecule has 0 spiro atoms. The lowest BCUT2D eigenvalue weighted by molar-refractivity contribution is -0.144. The fourth-order valence-corrected chi connectivity index (χ4v) is 2.11. The molecule has 0 aliphatic heterocycles. The number of halogens is 4. The smallest absolute Gasteiger partial charge is 0.408 e. The molecule has 0 amide bonds. The largest absolute Gasteiger partial charge is 0.493 e. The Morgan fingerprint density at radius 3 is 2.81 bits per heavy atom. The van der Waals surface area contributed by atoms with Crippen LogP contribution in [0.5, 0.6) is 5.75 Å². The van der Waals surface area contributed by atoms with E-state index in [1.165, 1.54) is 18.2 Å². The second kappa shape index (κ2) is 6.74. The van der Waals surface area contributed by atoms with Gasteiger partial charge in [-0.25, -0.2) is 9.07 Å². The lowest BCUT2D eigenvalue weighted by Gasteiger charge is -2.08. The van der Waals surface area contributed by atoms with E-state index in [0.717, 1.165) is 11.8 Å². The molecule has 0 aliphatic carbocycles. The molecule has 0 N–H and O–H groups in total. The number of hydrogen-bond donors (Lipinski definition) is 0. The fraction of sp³-hybridized carbons (Fsp3) is 0.364. The molecule has 0 fully saturated rings. The van der Waals surface area contributed by atoms with E-state index in [9.17, 15) is 17.6 Å². The number of nitrogens with zero attached hydrogens (tertiary/aromatic N) is 4. The highest BCUT2D eigenvalue weighted by Crippen LogP contribution is 2.21. The molecule has 21 heavy (non-hydrogen) atoms. The van der Waals surface area contributed by atoms with Crippen molar-refractivity contribution in [2.45, 2.75) is 17.9 Å². The maximum Gasteiger partial charge on any atom is 0.408 e. The number of ether oxygens (including phenoxy) is 1. The van der Waals surface area contributed by atoms with Crippen LogP contribution < -0.4 is 4.74 Å². The van der Waals surface area contributed by atoms with Crippen LogP contribution in [0.2, 0.25) is 0 Å². The SMILES string of the molecule is Fc1cccc(OCCSc2nnnn2CC(F)(F)F)c1. The quantitative estimate of drug-likeness (QED) is 0.465. The summed E-state index contributed by atoms with van der Waals surface area (Å²) >= 11 is 1.03. The van der Waals surface area contributed by atoms with Gasteiger partial charge in [-0.15, -0.1) is 5.10 Å². The zero-order valence-electron chi connectivity index (χ0n) is 10.5. The predicted octanol–water partition coefficient (Wildman–Crippen LogP) is 2.55. The summed E-state index contributed by atoms with van der Waals surface area (Å²) in [5.74, 6) is 0.258. The van der Waals surface area contributed by atoms with Gasteiger partial charge in [-0.05, 0) is 22.6 Å². The van der Waals surface area contributed by atoms with Crippen LogP contribution in [0, 0.1) is 5.82 Å². The van der Waals surface area contributed by atoms with E-state index >= 15 is 0 Å². The van der Waals surface area contributed by atoms with Crippen molar-refractivity contribution in [1.29, 1.82) is 0 Å². The van der Waals surface area contributed by atoms with Crippen LogP contribution in [-0.2, 0) is 6.54 Å². The van der Waals surface area contributed by atoms with Gasteiger partial charge in [-0.2, -0.15) is 13.2 Å². The lowest BCUT2D eigenvalue weighted by Crippen LogP contribution is -2.19. The van der Waals surface area contributed by atoms with Crippen LogP contribution in [0.3, 0.4) is 0 Å². The molecular formula is C11H10F4N4OS. The molecule has 1 heterocycles. The second-order valence-corrected chi connectivity index (χ2v) is 4.95. The number of thioether (sulfide) groups is 1. The lowest BCUT2D eigenvalue weighted by atomic mass is 10.3. The average Bonchev–Trinajstić information content (AvgIpc) is 2.80. The van der Waals surface area contributed by atoms with Crippen molar-refractivity contribution in [1.82, 2.24) is 20.2 Å². The zero-order chi connectivity index (χ0) is 15.3. The summed E-state index contributed by atoms with van der Waals surface area (Å²) in [6.45, 7) is -1.06. The average molecular weight is 322 g/mol. The molecule has 10 heteroatoms. The van der Waals surface area contributed by atoms with Gasteiger partial charge in [-0.1, -0.05) is 17.8 Å². The van der Waals surface area contributed by atoms with Crippen molar-refractivity contribution >= 4 is 11.8 Å². The van der Waals surface area contributed by atoms with E-state index < -0.39 is 18.5 Å². The highest BCUT2D eigenvalue weighted by Gasteiger charge is 2.30. The molecule has 1 aromatic carbocycles. The van der Waals surface area contributed by atoms with E-state index in [-0.39, 0.29) is 11.8 Å². The van der Waals surface area contributed by atoms with Gasteiger partial charge in [0.2, 0.25) is 5.16 Å². The third kappa shape index (κ3) is 5.21. The number of aromatic nitrogens is 4. The van der Waals surface area contributed by atoms with Crippen LogP contribution in [0.4, 0.5) is 17.6 Å². The molecule has 0 saturated carbocycles. The zero-order valence-corrected chi connectivity index (χ0v) is 11.4. The summed E-state index contributed by atoms with van der Waals surface area (Å²) < 4.78 is 55.6. The molecule has 1 aromatic heterocycles. The normalized spacial score (nSPS) is 11.6. The summed E-state index contributed by atoms with van der Waals surface area (Å²) in [5, 5.41) is 10.0. The maximum atomic E-state index is 12.9. The maximum absolute atomic E-state index is 12.9. The Hall–Kier alpha value is -1.84. The van der Waals surface area contributed by atoms with Crippen LogP contribution in [0.1, 0.15) is 0 Å². The van der Waals surface area contributed by atoms with Crippen LogP contribution in [0.25, 0.3) is 0 Å². The molecule has 0 saturated heterocycles. The Labute approximate surface area is 121 Å². The first-order valence-electron chi connectivity index (χ1n) is 5.78. The molecule has 114 valence electrons. The van der Waals surface area contributed by atoms with E-state index in [2.05, 4.69) is 15.5 Å². The Morgan fingerprint density at radius 2 is 2.10 bits per heavy atom. The molecule has 0 unspecified atom stereocenters. The first kappa shape index (κ1) is 15.5. The van der Waals surface area contributed by atoms with Crippen LogP contribution in [-0.4, -0.2) is 38.7 Å². The van der Waals surface area contributed by atoms with Crippen molar-refractivity contribution < 1.29 is 22.3 Å². The first-order chi connectivity index (χ1) is 9.94. The van der Waals surface area contributed by atoms with Gasteiger partial charge in [0.15, 0.2) is 0 Å². The number of benzene rings is 1. The highest BCUT2D eigenvalue weighted by molar-refractivity contribution is 7.99. The van der Waals surface area contributed by atoms with E-state index in [4.69, 9.17) is 4.74 Å². The number of alkyl halides is 3. The third-order valence-corrected chi connectivity index (χ3v) is 3.13. The molecule has 0 aliphatic rings. The fourth-order valence-electron chi connectivity index (χ4n) is 1.42. The monoisotopic (exact) mass is 322 g/mol. The van der Waals surface area contributed by atoms with Gasteiger partial charge in [0.1, 0.15) is 18.1 Å². The summed E-state index contributed by atoms with van der Waals surface area (Å²) in [7, 11) is 0. The minimum absolute atomic E-state index is 0.0511. The van der Waals surface area contributed by atoms with E-state index in [1.807, 2.05) is 0 Å². The van der Waals surface area contributed by atoms with E-state index in [1.54, 1.807) is 6.07 Å². The molecule has 2 rings (SSSR count). The van der Waals surface area contributed by atoms with E-state index in [0.29, 0.717) is 16.2 Å². The Balaban J connectivity index is 1.80. The van der Waals surface area contributed by atoms with Crippen molar-refractivity contribution in [3.63, 3.8) is 0 Å². The van der Waals surface area contributed by atoms with Crippen molar-refractivity contribution in [3.05, 3.63) is 30.1 Å². The molecule has 5 nitrogen and oxygen atoms in total.